The maximum absolute atomic E-state index is 12.9. The molecule has 0 aliphatic heterocycles. The number of nitrogens with zero attached hydrogens (tertiary/aromatic N) is 2. The number of esters is 2. The van der Waals surface area contributed by atoms with Crippen LogP contribution in [0, 0.1) is 6.92 Å². The first-order chi connectivity index (χ1) is 12.0. The molecule has 0 radical (unpaired) electrons. The molecule has 0 saturated heterocycles. The molecule has 0 saturated carbocycles. The lowest BCUT2D eigenvalue weighted by molar-refractivity contribution is -0.147. The Morgan fingerprint density at radius 1 is 1.28 bits per heavy atom. The minimum Gasteiger partial charge on any atom is -0.464 e. The zero-order valence-corrected chi connectivity index (χ0v) is 15.6. The van der Waals surface area contributed by atoms with Crippen LogP contribution in [0.15, 0.2) is 11.1 Å². The SMILES string of the molecule is CCCOC(=O)[C@H](CC)n1cnc2sc(C(=O)OCC)c(C)c2c1=O. The van der Waals surface area contributed by atoms with E-state index in [9.17, 15) is 14.4 Å². The summed E-state index contributed by atoms with van der Waals surface area (Å²) in [6.07, 6.45) is 2.46. The van der Waals surface area contributed by atoms with E-state index in [4.69, 9.17) is 9.47 Å². The molecule has 0 aliphatic rings. The van der Waals surface area contributed by atoms with E-state index in [-0.39, 0.29) is 12.2 Å². The molecule has 0 unspecified atom stereocenters. The van der Waals surface area contributed by atoms with Gasteiger partial charge in [-0.25, -0.2) is 14.6 Å². The van der Waals surface area contributed by atoms with Crippen LogP contribution in [0.3, 0.4) is 0 Å². The summed E-state index contributed by atoms with van der Waals surface area (Å²) in [5.74, 6) is -0.922. The molecule has 0 aliphatic carbocycles. The van der Waals surface area contributed by atoms with E-state index < -0.39 is 18.0 Å². The second-order valence-electron chi connectivity index (χ2n) is 5.51. The fourth-order valence-corrected chi connectivity index (χ4v) is 3.56. The Labute approximate surface area is 149 Å². The molecule has 2 rings (SSSR count). The predicted octanol–water partition coefficient (Wildman–Crippen LogP) is 2.85. The minimum atomic E-state index is -0.735. The highest BCUT2D eigenvalue weighted by molar-refractivity contribution is 7.20. The van der Waals surface area contributed by atoms with E-state index >= 15 is 0 Å². The van der Waals surface area contributed by atoms with Gasteiger partial charge < -0.3 is 9.47 Å². The molecule has 25 heavy (non-hydrogen) atoms. The summed E-state index contributed by atoms with van der Waals surface area (Å²) in [4.78, 5) is 42.2. The molecule has 0 amide bonds. The van der Waals surface area contributed by atoms with Gasteiger partial charge in [0.1, 0.15) is 15.7 Å². The molecule has 0 N–H and O–H groups in total. The third-order valence-corrected chi connectivity index (χ3v) is 4.96. The number of hydrogen-bond donors (Lipinski definition) is 0. The number of carbonyl (C=O) groups excluding carboxylic acids is 2. The van der Waals surface area contributed by atoms with Crippen LogP contribution in [0.4, 0.5) is 0 Å². The minimum absolute atomic E-state index is 0.255. The van der Waals surface area contributed by atoms with Crippen LogP contribution >= 0.6 is 11.3 Å². The standard InChI is InChI=1S/C17H22N2O5S/c1-5-8-24-16(21)11(6-2)19-9-18-14-12(15(19)20)10(4)13(25-14)17(22)23-7-3/h9,11H,5-8H2,1-4H3/t11-/m0/s1. The van der Waals surface area contributed by atoms with Crippen LogP contribution in [0.1, 0.15) is 54.9 Å². The first-order valence-corrected chi connectivity index (χ1v) is 9.11. The van der Waals surface area contributed by atoms with Gasteiger partial charge in [0.25, 0.3) is 5.56 Å². The molecule has 2 aromatic rings. The fourth-order valence-electron chi connectivity index (χ4n) is 2.53. The number of carbonyl (C=O) groups is 2. The van der Waals surface area contributed by atoms with Gasteiger partial charge in [0, 0.05) is 0 Å². The molecule has 2 aromatic heterocycles. The van der Waals surface area contributed by atoms with Gasteiger partial charge in [0.2, 0.25) is 0 Å². The Kier molecular flexibility index (Phi) is 6.30. The number of ether oxygens (including phenoxy) is 2. The molecule has 2 heterocycles. The van der Waals surface area contributed by atoms with Crippen LogP contribution in [-0.2, 0) is 14.3 Å². The van der Waals surface area contributed by atoms with Crippen molar-refractivity contribution < 1.29 is 19.1 Å². The summed E-state index contributed by atoms with van der Waals surface area (Å²) in [5, 5.41) is 0.345. The van der Waals surface area contributed by atoms with Crippen molar-refractivity contribution in [2.24, 2.45) is 0 Å². The van der Waals surface area contributed by atoms with Crippen molar-refractivity contribution in [1.29, 1.82) is 0 Å². The van der Waals surface area contributed by atoms with Gasteiger partial charge in [-0.05, 0) is 32.3 Å². The van der Waals surface area contributed by atoms with Gasteiger partial charge in [0.05, 0.1) is 24.9 Å². The lowest BCUT2D eigenvalue weighted by Gasteiger charge is -2.16. The summed E-state index contributed by atoms with van der Waals surface area (Å²) in [5.41, 5.74) is 0.177. The third-order valence-electron chi connectivity index (χ3n) is 3.78. The Morgan fingerprint density at radius 2 is 2.00 bits per heavy atom. The molecule has 1 atom stereocenters. The molecule has 0 aromatic carbocycles. The summed E-state index contributed by atoms with van der Waals surface area (Å²) in [6.45, 7) is 7.68. The summed E-state index contributed by atoms with van der Waals surface area (Å²) >= 11 is 1.12. The van der Waals surface area contributed by atoms with E-state index in [0.717, 1.165) is 11.3 Å². The fraction of sp³-hybridized carbons (Fsp3) is 0.529. The van der Waals surface area contributed by atoms with Gasteiger partial charge >= 0.3 is 11.9 Å². The number of aryl methyl sites for hydroxylation is 1. The largest absolute Gasteiger partial charge is 0.464 e. The van der Waals surface area contributed by atoms with Crippen molar-refractivity contribution >= 4 is 33.5 Å². The lowest BCUT2D eigenvalue weighted by atomic mass is 10.2. The Morgan fingerprint density at radius 3 is 2.60 bits per heavy atom. The molecule has 7 nitrogen and oxygen atoms in total. The number of rotatable bonds is 7. The summed E-state index contributed by atoms with van der Waals surface area (Å²) in [6, 6.07) is -0.735. The molecular formula is C17H22N2O5S. The van der Waals surface area contributed by atoms with Crippen molar-refractivity contribution in [3.8, 4) is 0 Å². The van der Waals surface area contributed by atoms with Gasteiger partial charge in [-0.15, -0.1) is 11.3 Å². The lowest BCUT2D eigenvalue weighted by Crippen LogP contribution is -2.31. The average molecular weight is 366 g/mol. The highest BCUT2D eigenvalue weighted by Gasteiger charge is 2.25. The molecule has 136 valence electrons. The van der Waals surface area contributed by atoms with Crippen molar-refractivity contribution in [3.63, 3.8) is 0 Å². The number of aromatic nitrogens is 2. The number of fused-ring (bicyclic) bond motifs is 1. The summed E-state index contributed by atoms with van der Waals surface area (Å²) in [7, 11) is 0. The van der Waals surface area contributed by atoms with Gasteiger partial charge in [-0.3, -0.25) is 9.36 Å². The van der Waals surface area contributed by atoms with Crippen LogP contribution in [0.5, 0.6) is 0 Å². The molecular weight excluding hydrogens is 344 g/mol. The maximum Gasteiger partial charge on any atom is 0.348 e. The molecule has 8 heteroatoms. The quantitative estimate of drug-likeness (QED) is 0.700. The Hall–Kier alpha value is -2.22. The normalized spacial score (nSPS) is 12.2. The van der Waals surface area contributed by atoms with Crippen molar-refractivity contribution in [1.82, 2.24) is 9.55 Å². The molecule has 0 spiro atoms. The number of thiophene rings is 1. The monoisotopic (exact) mass is 366 g/mol. The van der Waals surface area contributed by atoms with Crippen molar-refractivity contribution in [2.45, 2.75) is 46.6 Å². The second kappa shape index (κ2) is 8.24. The van der Waals surface area contributed by atoms with Crippen molar-refractivity contribution in [3.05, 3.63) is 27.1 Å². The van der Waals surface area contributed by atoms with Crippen molar-refractivity contribution in [2.75, 3.05) is 13.2 Å². The highest BCUT2D eigenvalue weighted by Crippen LogP contribution is 2.28. The van der Waals surface area contributed by atoms with Crippen LogP contribution < -0.4 is 5.56 Å². The van der Waals surface area contributed by atoms with Gasteiger partial charge in [-0.1, -0.05) is 13.8 Å². The maximum atomic E-state index is 12.9. The van der Waals surface area contributed by atoms with E-state index in [2.05, 4.69) is 4.98 Å². The van der Waals surface area contributed by atoms with E-state index in [0.29, 0.717) is 40.1 Å². The molecule has 0 fully saturated rings. The van der Waals surface area contributed by atoms with E-state index in [1.54, 1.807) is 20.8 Å². The van der Waals surface area contributed by atoms with Crippen LogP contribution in [0.25, 0.3) is 10.2 Å². The molecule has 0 bridgehead atoms. The van der Waals surface area contributed by atoms with E-state index in [1.165, 1.54) is 10.9 Å². The van der Waals surface area contributed by atoms with Crippen LogP contribution in [-0.4, -0.2) is 34.7 Å². The van der Waals surface area contributed by atoms with Gasteiger partial charge in [0.15, 0.2) is 0 Å². The number of hydrogen-bond acceptors (Lipinski definition) is 7. The second-order valence-corrected chi connectivity index (χ2v) is 6.50. The van der Waals surface area contributed by atoms with Crippen LogP contribution in [0.2, 0.25) is 0 Å². The summed E-state index contributed by atoms with van der Waals surface area (Å²) < 4.78 is 11.5. The van der Waals surface area contributed by atoms with Gasteiger partial charge in [-0.2, -0.15) is 0 Å². The first kappa shape index (κ1) is 19.1. The smallest absolute Gasteiger partial charge is 0.348 e. The Balaban J connectivity index is 2.51. The first-order valence-electron chi connectivity index (χ1n) is 8.30. The topological polar surface area (TPSA) is 87.5 Å². The average Bonchev–Trinajstić information content (AvgIpc) is 2.93. The Bertz CT molecular complexity index is 839. The third kappa shape index (κ3) is 3.73. The highest BCUT2D eigenvalue weighted by atomic mass is 32.1. The zero-order chi connectivity index (χ0) is 18.6. The predicted molar refractivity (Wildman–Crippen MR) is 95.2 cm³/mol. The van der Waals surface area contributed by atoms with E-state index in [1.807, 2.05) is 6.92 Å². The zero-order valence-electron chi connectivity index (χ0n) is 14.8.